The molecule has 0 N–H and O–H groups in total. The van der Waals surface area contributed by atoms with Gasteiger partial charge in [0.2, 0.25) is 11.8 Å². The van der Waals surface area contributed by atoms with E-state index in [0.717, 1.165) is 47.8 Å². The van der Waals surface area contributed by atoms with Crippen LogP contribution >= 0.6 is 11.8 Å². The summed E-state index contributed by atoms with van der Waals surface area (Å²) in [6, 6.07) is 6.97. The fourth-order valence-electron chi connectivity index (χ4n) is 3.61. The maximum Gasteiger partial charge on any atom is 0.247 e. The van der Waals surface area contributed by atoms with Crippen molar-refractivity contribution in [3.05, 3.63) is 41.3 Å². The van der Waals surface area contributed by atoms with E-state index in [-0.39, 0.29) is 18.2 Å². The summed E-state index contributed by atoms with van der Waals surface area (Å²) in [5.41, 5.74) is 2.83. The highest BCUT2D eigenvalue weighted by atomic mass is 32.2. The first-order valence-corrected chi connectivity index (χ1v) is 9.98. The molecule has 7 heteroatoms. The van der Waals surface area contributed by atoms with Crippen molar-refractivity contribution >= 4 is 29.3 Å². The Hall–Kier alpha value is -2.41. The third kappa shape index (κ3) is 3.43. The number of amides is 2. The first-order valence-electron chi connectivity index (χ1n) is 9.10. The molecule has 0 saturated carbocycles. The van der Waals surface area contributed by atoms with Crippen molar-refractivity contribution in [3.63, 3.8) is 0 Å². The van der Waals surface area contributed by atoms with Crippen LogP contribution in [0.4, 0.5) is 5.69 Å². The lowest BCUT2D eigenvalue weighted by atomic mass is 9.97. The molecule has 4 rings (SSSR count). The Morgan fingerprint density at radius 1 is 1.11 bits per heavy atom. The number of carbonyl (C=O) groups excluding carboxylic acids is 2. The summed E-state index contributed by atoms with van der Waals surface area (Å²) in [5.74, 6) is 1.05. The Morgan fingerprint density at radius 3 is 2.59 bits per heavy atom. The first-order chi connectivity index (χ1) is 13.1. The molecular formula is C20H21N3O3S. The largest absolute Gasteiger partial charge is 0.497 e. The van der Waals surface area contributed by atoms with E-state index in [1.165, 1.54) is 16.7 Å². The number of nitrogens with zero attached hydrogens (tertiary/aromatic N) is 3. The monoisotopic (exact) mass is 383 g/mol. The number of aryl methyl sites for hydroxylation is 2. The van der Waals surface area contributed by atoms with Gasteiger partial charge in [-0.05, 0) is 56.9 Å². The van der Waals surface area contributed by atoms with Gasteiger partial charge < -0.3 is 4.74 Å². The van der Waals surface area contributed by atoms with Crippen LogP contribution in [-0.4, -0.2) is 34.1 Å². The number of fused-ring (bicyclic) bond motifs is 1. The highest BCUT2D eigenvalue weighted by Gasteiger charge is 2.41. The third-order valence-corrected chi connectivity index (χ3v) is 6.16. The predicted octanol–water partition coefficient (Wildman–Crippen LogP) is 3.10. The minimum absolute atomic E-state index is 0.178. The van der Waals surface area contributed by atoms with Crippen LogP contribution < -0.4 is 9.64 Å². The summed E-state index contributed by atoms with van der Waals surface area (Å²) >= 11 is 1.41. The van der Waals surface area contributed by atoms with Gasteiger partial charge in [-0.3, -0.25) is 9.59 Å². The summed E-state index contributed by atoms with van der Waals surface area (Å²) in [4.78, 5) is 35.9. The van der Waals surface area contributed by atoms with E-state index in [4.69, 9.17) is 4.74 Å². The van der Waals surface area contributed by atoms with Crippen molar-refractivity contribution in [2.45, 2.75) is 49.3 Å². The van der Waals surface area contributed by atoms with Crippen molar-refractivity contribution in [1.29, 1.82) is 0 Å². The molecule has 0 radical (unpaired) electrons. The highest BCUT2D eigenvalue weighted by molar-refractivity contribution is 8.00. The Bertz CT molecular complexity index is 898. The molecule has 2 amide bonds. The number of aromatic nitrogens is 2. The highest BCUT2D eigenvalue weighted by Crippen LogP contribution is 2.37. The van der Waals surface area contributed by atoms with E-state index >= 15 is 0 Å². The molecule has 0 spiro atoms. The first kappa shape index (κ1) is 18.0. The second kappa shape index (κ2) is 7.31. The number of imide groups is 1. The number of methoxy groups -OCH3 is 1. The van der Waals surface area contributed by atoms with E-state index in [1.807, 2.05) is 6.92 Å². The van der Waals surface area contributed by atoms with Gasteiger partial charge in [-0.15, -0.1) is 0 Å². The quantitative estimate of drug-likeness (QED) is 0.597. The lowest BCUT2D eigenvalue weighted by molar-refractivity contribution is -0.121. The molecule has 1 aromatic carbocycles. The second-order valence-electron chi connectivity index (χ2n) is 6.78. The number of carbonyl (C=O) groups is 2. The zero-order valence-electron chi connectivity index (χ0n) is 15.4. The van der Waals surface area contributed by atoms with Gasteiger partial charge in [-0.2, -0.15) is 0 Å². The summed E-state index contributed by atoms with van der Waals surface area (Å²) < 4.78 is 5.14. The molecule has 2 heterocycles. The number of ether oxygens (including phenoxy) is 1. The van der Waals surface area contributed by atoms with Gasteiger partial charge in [-0.1, -0.05) is 11.8 Å². The number of rotatable bonds is 4. The maximum absolute atomic E-state index is 12.9. The van der Waals surface area contributed by atoms with Crippen LogP contribution in [0.3, 0.4) is 0 Å². The van der Waals surface area contributed by atoms with Gasteiger partial charge in [-0.25, -0.2) is 14.9 Å². The summed E-state index contributed by atoms with van der Waals surface area (Å²) in [5, 5.41) is 0.417. The number of hydrogen-bond acceptors (Lipinski definition) is 6. The number of hydrogen-bond donors (Lipinski definition) is 0. The Balaban J connectivity index is 1.58. The Morgan fingerprint density at radius 2 is 1.85 bits per heavy atom. The average molecular weight is 383 g/mol. The minimum Gasteiger partial charge on any atom is -0.497 e. The molecule has 1 fully saturated rings. The van der Waals surface area contributed by atoms with Crippen molar-refractivity contribution in [2.75, 3.05) is 12.0 Å². The fraction of sp³-hybridized carbons (Fsp3) is 0.400. The molecule has 140 valence electrons. The topological polar surface area (TPSA) is 72.4 Å². The molecular weight excluding hydrogens is 362 g/mol. The van der Waals surface area contributed by atoms with E-state index in [1.54, 1.807) is 31.4 Å². The number of anilines is 1. The number of benzene rings is 1. The maximum atomic E-state index is 12.9. The standard InChI is InChI=1S/C20H21N3O3S/c1-12-21-16-6-4-3-5-15(16)19(22-12)27-17-11-18(24)23(20(17)25)13-7-9-14(26-2)10-8-13/h7-10,17H,3-6,11H2,1-2H3/t17-/m0/s1. The van der Waals surface area contributed by atoms with Crippen molar-refractivity contribution < 1.29 is 14.3 Å². The third-order valence-electron chi connectivity index (χ3n) is 4.95. The van der Waals surface area contributed by atoms with Crippen LogP contribution in [0, 0.1) is 6.92 Å². The molecule has 1 aliphatic carbocycles. The normalized spacial score (nSPS) is 19.3. The van der Waals surface area contributed by atoms with Gasteiger partial charge >= 0.3 is 0 Å². The average Bonchev–Trinajstić information content (AvgIpc) is 2.95. The molecule has 1 aliphatic heterocycles. The van der Waals surface area contributed by atoms with E-state index < -0.39 is 5.25 Å². The van der Waals surface area contributed by atoms with Crippen molar-refractivity contribution in [3.8, 4) is 5.75 Å². The lowest BCUT2D eigenvalue weighted by Crippen LogP contribution is -2.31. The van der Waals surface area contributed by atoms with Crippen LogP contribution in [-0.2, 0) is 22.4 Å². The minimum atomic E-state index is -0.445. The van der Waals surface area contributed by atoms with E-state index in [0.29, 0.717) is 11.4 Å². The molecule has 0 bridgehead atoms. The molecule has 2 aliphatic rings. The summed E-state index contributed by atoms with van der Waals surface area (Å²) in [6.45, 7) is 1.88. The molecule has 27 heavy (non-hydrogen) atoms. The van der Waals surface area contributed by atoms with Gasteiger partial charge in [0.15, 0.2) is 0 Å². The molecule has 6 nitrogen and oxygen atoms in total. The second-order valence-corrected chi connectivity index (χ2v) is 7.98. The van der Waals surface area contributed by atoms with Gasteiger partial charge in [0.05, 0.1) is 18.0 Å². The zero-order chi connectivity index (χ0) is 19.0. The van der Waals surface area contributed by atoms with Crippen LogP contribution in [0.15, 0.2) is 29.3 Å². The molecule has 1 atom stereocenters. The van der Waals surface area contributed by atoms with Crippen molar-refractivity contribution in [2.24, 2.45) is 0 Å². The van der Waals surface area contributed by atoms with Gasteiger partial charge in [0.1, 0.15) is 16.6 Å². The smallest absolute Gasteiger partial charge is 0.247 e. The van der Waals surface area contributed by atoms with Crippen LogP contribution in [0.5, 0.6) is 5.75 Å². The molecule has 1 aromatic heterocycles. The predicted molar refractivity (Wildman–Crippen MR) is 103 cm³/mol. The van der Waals surface area contributed by atoms with Gasteiger partial charge in [0, 0.05) is 17.7 Å². The molecule has 2 aromatic rings. The zero-order valence-corrected chi connectivity index (χ0v) is 16.2. The van der Waals surface area contributed by atoms with Crippen LogP contribution in [0.1, 0.15) is 36.3 Å². The lowest BCUT2D eigenvalue weighted by Gasteiger charge is -2.19. The van der Waals surface area contributed by atoms with E-state index in [9.17, 15) is 9.59 Å². The van der Waals surface area contributed by atoms with Crippen LogP contribution in [0.2, 0.25) is 0 Å². The van der Waals surface area contributed by atoms with E-state index in [2.05, 4.69) is 9.97 Å². The summed E-state index contributed by atoms with van der Waals surface area (Å²) in [6.07, 6.45) is 4.34. The fourth-order valence-corrected chi connectivity index (χ4v) is 4.86. The Kier molecular flexibility index (Phi) is 4.86. The summed E-state index contributed by atoms with van der Waals surface area (Å²) in [7, 11) is 1.58. The van der Waals surface area contributed by atoms with Crippen LogP contribution in [0.25, 0.3) is 0 Å². The number of thioether (sulfide) groups is 1. The van der Waals surface area contributed by atoms with Gasteiger partial charge in [0.25, 0.3) is 0 Å². The SMILES string of the molecule is COc1ccc(N2C(=O)C[C@H](Sc3nc(C)nc4c3CCCC4)C2=O)cc1. The molecule has 1 saturated heterocycles. The molecule has 0 unspecified atom stereocenters. The van der Waals surface area contributed by atoms with Crippen molar-refractivity contribution in [1.82, 2.24) is 9.97 Å². The Labute approximate surface area is 162 Å².